The molecule has 102 valence electrons. The molecule has 0 aliphatic carbocycles. The third-order valence-electron chi connectivity index (χ3n) is 2.74. The molecular weight excluding hydrogens is 258 g/mol. The lowest BCUT2D eigenvalue weighted by Gasteiger charge is -2.16. The molecule has 1 N–H and O–H groups in total. The molecule has 0 aromatic carbocycles. The number of aromatic nitrogens is 2. The SMILES string of the molecule is COCCN(C)CCn1c(=O)[nH]c(Cl)c(C)c1=O. The maximum absolute atomic E-state index is 11.9. The largest absolute Gasteiger partial charge is 0.383 e. The Bertz CT molecular complexity index is 509. The van der Waals surface area contributed by atoms with Crippen molar-refractivity contribution in [1.82, 2.24) is 14.5 Å². The second-order valence-corrected chi connectivity index (χ2v) is 4.50. The van der Waals surface area contributed by atoms with Crippen molar-refractivity contribution in [2.75, 3.05) is 33.9 Å². The minimum atomic E-state index is -0.476. The number of methoxy groups -OCH3 is 1. The maximum Gasteiger partial charge on any atom is 0.329 e. The second kappa shape index (κ2) is 6.72. The Morgan fingerprint density at radius 1 is 1.39 bits per heavy atom. The van der Waals surface area contributed by atoms with Gasteiger partial charge in [0.15, 0.2) is 0 Å². The fourth-order valence-electron chi connectivity index (χ4n) is 1.48. The Morgan fingerprint density at radius 3 is 2.67 bits per heavy atom. The highest BCUT2D eigenvalue weighted by Gasteiger charge is 2.09. The molecular formula is C11H18ClN3O3. The van der Waals surface area contributed by atoms with Crippen LogP contribution in [0.1, 0.15) is 5.56 Å². The van der Waals surface area contributed by atoms with E-state index in [1.54, 1.807) is 14.0 Å². The minimum absolute atomic E-state index is 0.106. The summed E-state index contributed by atoms with van der Waals surface area (Å²) in [4.78, 5) is 27.9. The zero-order valence-corrected chi connectivity index (χ0v) is 11.6. The van der Waals surface area contributed by atoms with Gasteiger partial charge in [-0.1, -0.05) is 11.6 Å². The zero-order valence-electron chi connectivity index (χ0n) is 10.8. The van der Waals surface area contributed by atoms with E-state index in [4.69, 9.17) is 16.3 Å². The smallest absolute Gasteiger partial charge is 0.329 e. The highest BCUT2D eigenvalue weighted by atomic mass is 35.5. The molecule has 0 amide bonds. The number of aromatic amines is 1. The van der Waals surface area contributed by atoms with E-state index in [0.717, 1.165) is 11.1 Å². The average molecular weight is 276 g/mol. The highest BCUT2D eigenvalue weighted by molar-refractivity contribution is 6.30. The van der Waals surface area contributed by atoms with Crippen LogP contribution in [0.3, 0.4) is 0 Å². The van der Waals surface area contributed by atoms with Gasteiger partial charge in [0.25, 0.3) is 5.56 Å². The summed E-state index contributed by atoms with van der Waals surface area (Å²) in [6, 6.07) is 0. The molecule has 7 heteroatoms. The van der Waals surface area contributed by atoms with E-state index >= 15 is 0 Å². The molecule has 0 saturated carbocycles. The quantitative estimate of drug-likeness (QED) is 0.747. The van der Waals surface area contributed by atoms with Crippen LogP contribution in [0.15, 0.2) is 9.59 Å². The fourth-order valence-corrected chi connectivity index (χ4v) is 1.64. The first kappa shape index (κ1) is 14.9. The molecule has 0 aliphatic rings. The number of hydrogen-bond acceptors (Lipinski definition) is 4. The fraction of sp³-hybridized carbons (Fsp3) is 0.636. The number of nitrogens with one attached hydrogen (secondary N) is 1. The van der Waals surface area contributed by atoms with E-state index in [2.05, 4.69) is 4.98 Å². The van der Waals surface area contributed by atoms with E-state index in [1.807, 2.05) is 11.9 Å². The Labute approximate surface area is 110 Å². The van der Waals surface area contributed by atoms with Gasteiger partial charge in [-0.15, -0.1) is 0 Å². The molecule has 0 unspecified atom stereocenters. The number of H-pyrrole nitrogens is 1. The van der Waals surface area contributed by atoms with Crippen LogP contribution in [-0.2, 0) is 11.3 Å². The molecule has 6 nitrogen and oxygen atoms in total. The first-order chi connectivity index (χ1) is 8.47. The normalized spacial score (nSPS) is 11.2. The predicted octanol–water partition coefficient (Wildman–Crippen LogP) is 0.0766. The van der Waals surface area contributed by atoms with Crippen LogP contribution in [-0.4, -0.2) is 48.3 Å². The minimum Gasteiger partial charge on any atom is -0.383 e. The van der Waals surface area contributed by atoms with Gasteiger partial charge in [0.1, 0.15) is 5.15 Å². The monoisotopic (exact) mass is 275 g/mol. The molecule has 18 heavy (non-hydrogen) atoms. The number of rotatable bonds is 6. The van der Waals surface area contributed by atoms with Gasteiger partial charge < -0.3 is 9.64 Å². The Kier molecular flexibility index (Phi) is 5.58. The Balaban J connectivity index is 2.77. The lowest BCUT2D eigenvalue weighted by Crippen LogP contribution is -2.40. The van der Waals surface area contributed by atoms with Crippen molar-refractivity contribution >= 4 is 11.6 Å². The summed E-state index contributed by atoms with van der Waals surface area (Å²) in [5, 5.41) is 0.106. The van der Waals surface area contributed by atoms with Gasteiger partial charge in [-0.2, -0.15) is 0 Å². The summed E-state index contributed by atoms with van der Waals surface area (Å²) >= 11 is 5.73. The number of ether oxygens (including phenoxy) is 1. The third kappa shape index (κ3) is 3.69. The van der Waals surface area contributed by atoms with E-state index in [-0.39, 0.29) is 10.7 Å². The summed E-state index contributed by atoms with van der Waals surface area (Å²) < 4.78 is 6.11. The summed E-state index contributed by atoms with van der Waals surface area (Å²) in [6.07, 6.45) is 0. The molecule has 0 fully saturated rings. The zero-order chi connectivity index (χ0) is 13.7. The molecule has 0 spiro atoms. The molecule has 0 bridgehead atoms. The molecule has 0 atom stereocenters. The topological polar surface area (TPSA) is 67.3 Å². The van der Waals surface area contributed by atoms with Crippen molar-refractivity contribution in [3.63, 3.8) is 0 Å². The van der Waals surface area contributed by atoms with Crippen LogP contribution < -0.4 is 11.2 Å². The van der Waals surface area contributed by atoms with Crippen LogP contribution in [0.2, 0.25) is 5.15 Å². The number of likely N-dealkylation sites (N-methyl/N-ethyl adjacent to an activating group) is 1. The van der Waals surface area contributed by atoms with Gasteiger partial charge in [-0.05, 0) is 14.0 Å². The van der Waals surface area contributed by atoms with Gasteiger partial charge in [0.2, 0.25) is 0 Å². The van der Waals surface area contributed by atoms with Gasteiger partial charge in [-0.25, -0.2) is 4.79 Å². The molecule has 0 radical (unpaired) electrons. The van der Waals surface area contributed by atoms with E-state index in [1.165, 1.54) is 0 Å². The van der Waals surface area contributed by atoms with Crippen molar-refractivity contribution in [3.05, 3.63) is 31.6 Å². The average Bonchev–Trinajstić information content (AvgIpc) is 2.33. The van der Waals surface area contributed by atoms with Crippen molar-refractivity contribution < 1.29 is 4.74 Å². The van der Waals surface area contributed by atoms with E-state index in [9.17, 15) is 9.59 Å². The Morgan fingerprint density at radius 2 is 2.06 bits per heavy atom. The molecule has 1 aromatic heterocycles. The van der Waals surface area contributed by atoms with Crippen LogP contribution in [0.4, 0.5) is 0 Å². The first-order valence-electron chi connectivity index (χ1n) is 5.64. The summed E-state index contributed by atoms with van der Waals surface area (Å²) in [5.41, 5.74) is -0.463. The van der Waals surface area contributed by atoms with Crippen LogP contribution in [0.25, 0.3) is 0 Å². The van der Waals surface area contributed by atoms with Crippen molar-refractivity contribution in [2.45, 2.75) is 13.5 Å². The van der Waals surface area contributed by atoms with Crippen molar-refractivity contribution in [2.24, 2.45) is 0 Å². The van der Waals surface area contributed by atoms with Gasteiger partial charge >= 0.3 is 5.69 Å². The molecule has 1 aromatic rings. The summed E-state index contributed by atoms with van der Waals surface area (Å²) in [6.45, 7) is 3.86. The highest BCUT2D eigenvalue weighted by Crippen LogP contribution is 2.02. The van der Waals surface area contributed by atoms with Crippen LogP contribution in [0, 0.1) is 6.92 Å². The van der Waals surface area contributed by atoms with Gasteiger partial charge in [0, 0.05) is 32.3 Å². The standard InChI is InChI=1S/C11H18ClN3O3/c1-8-9(12)13-11(17)15(10(8)16)5-4-14(2)6-7-18-3/h4-7H2,1-3H3,(H,13,17). The van der Waals surface area contributed by atoms with Gasteiger partial charge in [-0.3, -0.25) is 14.3 Å². The van der Waals surface area contributed by atoms with Crippen LogP contribution in [0.5, 0.6) is 0 Å². The second-order valence-electron chi connectivity index (χ2n) is 4.12. The first-order valence-corrected chi connectivity index (χ1v) is 6.02. The molecule has 0 aliphatic heterocycles. The summed E-state index contributed by atoms with van der Waals surface area (Å²) in [7, 11) is 3.53. The summed E-state index contributed by atoms with van der Waals surface area (Å²) in [5.74, 6) is 0. The number of hydrogen-bond donors (Lipinski definition) is 1. The van der Waals surface area contributed by atoms with Crippen molar-refractivity contribution in [3.8, 4) is 0 Å². The number of halogens is 1. The van der Waals surface area contributed by atoms with Gasteiger partial charge in [0.05, 0.1) is 6.61 Å². The lowest BCUT2D eigenvalue weighted by atomic mass is 10.4. The van der Waals surface area contributed by atoms with E-state index < -0.39 is 5.69 Å². The maximum atomic E-state index is 11.9. The molecule has 1 rings (SSSR count). The van der Waals surface area contributed by atoms with Crippen LogP contribution >= 0.6 is 11.6 Å². The molecule has 0 saturated heterocycles. The lowest BCUT2D eigenvalue weighted by molar-refractivity contribution is 0.159. The predicted molar refractivity (Wildman–Crippen MR) is 70.4 cm³/mol. The van der Waals surface area contributed by atoms with Crippen molar-refractivity contribution in [1.29, 1.82) is 0 Å². The molecule has 1 heterocycles. The number of nitrogens with zero attached hydrogens (tertiary/aromatic N) is 2. The van der Waals surface area contributed by atoms with E-state index in [0.29, 0.717) is 25.3 Å². The third-order valence-corrected chi connectivity index (χ3v) is 3.12. The Hall–Kier alpha value is -1.11.